The predicted octanol–water partition coefficient (Wildman–Crippen LogP) is 2.89. The van der Waals surface area contributed by atoms with E-state index in [1.807, 2.05) is 6.92 Å². The van der Waals surface area contributed by atoms with Crippen LogP contribution in [0.4, 0.5) is 4.39 Å². The number of ether oxygens (including phenoxy) is 1. The van der Waals surface area contributed by atoms with Crippen LogP contribution in [0.1, 0.15) is 32.4 Å². The fourth-order valence-corrected chi connectivity index (χ4v) is 1.25. The van der Waals surface area contributed by atoms with Gasteiger partial charge in [0.2, 0.25) is 0 Å². The van der Waals surface area contributed by atoms with E-state index in [-0.39, 0.29) is 18.0 Å². The molecule has 2 N–H and O–H groups in total. The van der Waals surface area contributed by atoms with E-state index in [4.69, 9.17) is 10.5 Å². The van der Waals surface area contributed by atoms with Crippen molar-refractivity contribution in [2.75, 3.05) is 6.61 Å². The highest BCUT2D eigenvalue weighted by molar-refractivity contribution is 5.19. The number of hydrogen-bond donors (Lipinski definition) is 1. The summed E-state index contributed by atoms with van der Waals surface area (Å²) >= 11 is 0. The van der Waals surface area contributed by atoms with E-state index in [0.717, 1.165) is 5.56 Å². The minimum atomic E-state index is -0.243. The molecule has 0 saturated carbocycles. The number of rotatable bonds is 5. The van der Waals surface area contributed by atoms with Gasteiger partial charge in [0.1, 0.15) is 5.82 Å². The number of benzene rings is 1. The van der Waals surface area contributed by atoms with Gasteiger partial charge in [-0.25, -0.2) is 4.39 Å². The normalized spacial score (nSPS) is 15.1. The van der Waals surface area contributed by atoms with E-state index < -0.39 is 0 Å². The molecule has 1 rings (SSSR count). The number of hydrogen-bond acceptors (Lipinski definition) is 2. The van der Waals surface area contributed by atoms with Gasteiger partial charge in [0, 0.05) is 0 Å². The second kappa shape index (κ2) is 5.97. The van der Waals surface area contributed by atoms with Gasteiger partial charge in [-0.2, -0.15) is 0 Å². The molecule has 0 radical (unpaired) electrons. The van der Waals surface area contributed by atoms with Crippen LogP contribution in [0.5, 0.6) is 0 Å². The minimum absolute atomic E-state index is 0.187. The SMILES string of the molecule is CC(C)C(C)OCC(N)c1ccc(F)cc1. The Morgan fingerprint density at radius 2 is 1.75 bits per heavy atom. The van der Waals surface area contributed by atoms with Crippen LogP contribution in [0.15, 0.2) is 24.3 Å². The molecule has 3 heteroatoms. The van der Waals surface area contributed by atoms with E-state index >= 15 is 0 Å². The monoisotopic (exact) mass is 225 g/mol. The fourth-order valence-electron chi connectivity index (χ4n) is 1.25. The lowest BCUT2D eigenvalue weighted by Gasteiger charge is -2.19. The smallest absolute Gasteiger partial charge is 0.123 e. The van der Waals surface area contributed by atoms with Gasteiger partial charge in [0.05, 0.1) is 18.8 Å². The first-order valence-corrected chi connectivity index (χ1v) is 5.63. The Kier molecular flexibility index (Phi) is 4.90. The lowest BCUT2D eigenvalue weighted by Crippen LogP contribution is -2.23. The molecule has 0 fully saturated rings. The summed E-state index contributed by atoms with van der Waals surface area (Å²) in [6.07, 6.45) is 0.187. The van der Waals surface area contributed by atoms with E-state index in [1.165, 1.54) is 12.1 Å². The Morgan fingerprint density at radius 3 is 2.25 bits per heavy atom. The topological polar surface area (TPSA) is 35.2 Å². The van der Waals surface area contributed by atoms with Gasteiger partial charge in [0.25, 0.3) is 0 Å². The summed E-state index contributed by atoms with van der Waals surface area (Å²) in [5, 5.41) is 0. The fraction of sp³-hybridized carbons (Fsp3) is 0.538. The van der Waals surface area contributed by atoms with Crippen molar-refractivity contribution < 1.29 is 9.13 Å². The van der Waals surface area contributed by atoms with Crippen LogP contribution < -0.4 is 5.73 Å². The van der Waals surface area contributed by atoms with Crippen molar-refractivity contribution in [2.24, 2.45) is 11.7 Å². The van der Waals surface area contributed by atoms with E-state index in [0.29, 0.717) is 12.5 Å². The van der Waals surface area contributed by atoms with Crippen LogP contribution in [-0.4, -0.2) is 12.7 Å². The number of nitrogens with two attached hydrogens (primary N) is 1. The lowest BCUT2D eigenvalue weighted by atomic mass is 10.1. The maximum Gasteiger partial charge on any atom is 0.123 e. The van der Waals surface area contributed by atoms with Gasteiger partial charge in [0.15, 0.2) is 0 Å². The first kappa shape index (κ1) is 13.1. The average Bonchev–Trinajstić information content (AvgIpc) is 2.26. The molecule has 16 heavy (non-hydrogen) atoms. The molecule has 0 saturated heterocycles. The van der Waals surface area contributed by atoms with Crippen molar-refractivity contribution in [3.05, 3.63) is 35.6 Å². The zero-order valence-corrected chi connectivity index (χ0v) is 10.1. The van der Waals surface area contributed by atoms with Gasteiger partial charge in [-0.1, -0.05) is 26.0 Å². The van der Waals surface area contributed by atoms with E-state index in [9.17, 15) is 4.39 Å². The highest BCUT2D eigenvalue weighted by Crippen LogP contribution is 2.14. The molecular weight excluding hydrogens is 205 g/mol. The van der Waals surface area contributed by atoms with E-state index in [2.05, 4.69) is 13.8 Å². The standard InChI is InChI=1S/C13H20FNO/c1-9(2)10(3)16-8-13(15)11-4-6-12(14)7-5-11/h4-7,9-10,13H,8,15H2,1-3H3. The summed E-state index contributed by atoms with van der Waals surface area (Å²) in [6, 6.07) is 6.04. The highest BCUT2D eigenvalue weighted by Gasteiger charge is 2.11. The van der Waals surface area contributed by atoms with Crippen molar-refractivity contribution >= 4 is 0 Å². The molecule has 1 aromatic rings. The first-order chi connectivity index (χ1) is 7.50. The zero-order valence-electron chi connectivity index (χ0n) is 10.1. The van der Waals surface area contributed by atoms with Gasteiger partial charge in [-0.15, -0.1) is 0 Å². The summed E-state index contributed by atoms with van der Waals surface area (Å²) in [7, 11) is 0. The molecule has 0 heterocycles. The van der Waals surface area contributed by atoms with Crippen LogP contribution >= 0.6 is 0 Å². The molecule has 0 aliphatic heterocycles. The third-order valence-electron chi connectivity index (χ3n) is 2.78. The quantitative estimate of drug-likeness (QED) is 0.836. The average molecular weight is 225 g/mol. The summed E-state index contributed by atoms with van der Waals surface area (Å²) in [6.45, 7) is 6.70. The summed E-state index contributed by atoms with van der Waals surface area (Å²) < 4.78 is 18.3. The van der Waals surface area contributed by atoms with Gasteiger partial charge in [-0.3, -0.25) is 0 Å². The zero-order chi connectivity index (χ0) is 12.1. The minimum Gasteiger partial charge on any atom is -0.376 e. The number of halogens is 1. The van der Waals surface area contributed by atoms with Crippen molar-refractivity contribution in [3.63, 3.8) is 0 Å². The van der Waals surface area contributed by atoms with Crippen LogP contribution in [-0.2, 0) is 4.74 Å². The van der Waals surface area contributed by atoms with Gasteiger partial charge in [-0.05, 0) is 30.5 Å². The molecule has 2 atom stereocenters. The third-order valence-corrected chi connectivity index (χ3v) is 2.78. The van der Waals surface area contributed by atoms with Gasteiger partial charge < -0.3 is 10.5 Å². The molecule has 1 aromatic carbocycles. The molecule has 0 aliphatic rings. The molecule has 2 nitrogen and oxygen atoms in total. The van der Waals surface area contributed by atoms with Gasteiger partial charge >= 0.3 is 0 Å². The summed E-state index contributed by atoms with van der Waals surface area (Å²) in [4.78, 5) is 0. The Bertz CT molecular complexity index is 310. The molecule has 90 valence electrons. The third kappa shape index (κ3) is 3.91. The van der Waals surface area contributed by atoms with Crippen molar-refractivity contribution in [1.82, 2.24) is 0 Å². The van der Waals surface area contributed by atoms with Crippen molar-refractivity contribution in [3.8, 4) is 0 Å². The Hall–Kier alpha value is -0.930. The maximum atomic E-state index is 12.7. The Labute approximate surface area is 96.6 Å². The molecule has 0 amide bonds. The Morgan fingerprint density at radius 1 is 1.19 bits per heavy atom. The second-order valence-corrected chi connectivity index (χ2v) is 4.44. The highest BCUT2D eigenvalue weighted by atomic mass is 19.1. The van der Waals surface area contributed by atoms with Crippen LogP contribution in [0.25, 0.3) is 0 Å². The second-order valence-electron chi connectivity index (χ2n) is 4.44. The van der Waals surface area contributed by atoms with Crippen molar-refractivity contribution in [2.45, 2.75) is 32.9 Å². The van der Waals surface area contributed by atoms with Crippen molar-refractivity contribution in [1.29, 1.82) is 0 Å². The van der Waals surface area contributed by atoms with E-state index in [1.54, 1.807) is 12.1 Å². The molecule has 0 spiro atoms. The Balaban J connectivity index is 2.46. The molecule has 0 aromatic heterocycles. The largest absolute Gasteiger partial charge is 0.376 e. The molecular formula is C13H20FNO. The summed E-state index contributed by atoms with van der Waals surface area (Å²) in [5.41, 5.74) is 6.85. The summed E-state index contributed by atoms with van der Waals surface area (Å²) in [5.74, 6) is 0.229. The molecule has 2 unspecified atom stereocenters. The maximum absolute atomic E-state index is 12.7. The first-order valence-electron chi connectivity index (χ1n) is 5.63. The molecule has 0 bridgehead atoms. The van der Waals surface area contributed by atoms with Crippen LogP contribution in [0.3, 0.4) is 0 Å². The predicted molar refractivity (Wildman–Crippen MR) is 63.6 cm³/mol. The lowest BCUT2D eigenvalue weighted by molar-refractivity contribution is 0.0272. The van der Waals surface area contributed by atoms with Crippen LogP contribution in [0.2, 0.25) is 0 Å². The molecule has 0 aliphatic carbocycles. The van der Waals surface area contributed by atoms with Crippen LogP contribution in [0, 0.1) is 11.7 Å².